The first-order valence-corrected chi connectivity index (χ1v) is 9.41. The molecule has 2 aliphatic rings. The van der Waals surface area contributed by atoms with Crippen LogP contribution in [0.25, 0.3) is 10.1 Å². The Labute approximate surface area is 144 Å². The van der Waals surface area contributed by atoms with Crippen LogP contribution >= 0.6 is 11.3 Å². The molecule has 0 bridgehead atoms. The van der Waals surface area contributed by atoms with Crippen LogP contribution in [-0.2, 0) is 0 Å². The summed E-state index contributed by atoms with van der Waals surface area (Å²) in [6, 6.07) is 6.60. The predicted molar refractivity (Wildman–Crippen MR) is 94.4 cm³/mol. The summed E-state index contributed by atoms with van der Waals surface area (Å²) in [5, 5.41) is 11.7. The maximum Gasteiger partial charge on any atom is 0.270 e. The normalized spacial score (nSPS) is 23.9. The third-order valence-corrected chi connectivity index (χ3v) is 6.60. The van der Waals surface area contributed by atoms with E-state index in [2.05, 4.69) is 0 Å². The number of carbonyl (C=O) groups excluding carboxylic acids is 1. The molecule has 0 spiro atoms. The lowest BCUT2D eigenvalue weighted by Gasteiger charge is -2.41. The Morgan fingerprint density at radius 2 is 1.96 bits per heavy atom. The number of nitrogens with zero attached hydrogens (tertiary/aromatic N) is 2. The van der Waals surface area contributed by atoms with E-state index in [-0.39, 0.29) is 11.6 Å². The average molecular weight is 344 g/mol. The highest BCUT2D eigenvalue weighted by Crippen LogP contribution is 2.37. The Morgan fingerprint density at radius 3 is 2.75 bits per heavy atom. The Morgan fingerprint density at radius 1 is 1.17 bits per heavy atom. The van der Waals surface area contributed by atoms with E-state index in [1.807, 2.05) is 11.0 Å². The number of likely N-dealkylation sites (tertiary alicyclic amines) is 1. The number of thiophene rings is 1. The van der Waals surface area contributed by atoms with E-state index in [4.69, 9.17) is 0 Å². The Balaban J connectivity index is 1.55. The molecule has 2 atom stereocenters. The van der Waals surface area contributed by atoms with E-state index in [0.717, 1.165) is 35.5 Å². The van der Waals surface area contributed by atoms with Crippen molar-refractivity contribution in [2.45, 2.75) is 32.1 Å². The van der Waals surface area contributed by atoms with E-state index < -0.39 is 4.92 Å². The van der Waals surface area contributed by atoms with Crippen LogP contribution in [-0.4, -0.2) is 28.8 Å². The molecule has 1 aromatic heterocycles. The highest BCUT2D eigenvalue weighted by atomic mass is 32.1. The number of nitro groups is 1. The van der Waals surface area contributed by atoms with Gasteiger partial charge in [0, 0.05) is 35.3 Å². The fourth-order valence-corrected chi connectivity index (χ4v) is 5.20. The van der Waals surface area contributed by atoms with Crippen molar-refractivity contribution in [2.75, 3.05) is 13.1 Å². The van der Waals surface area contributed by atoms with Crippen molar-refractivity contribution in [2.24, 2.45) is 11.8 Å². The molecule has 0 radical (unpaired) electrons. The zero-order valence-corrected chi connectivity index (χ0v) is 14.3. The van der Waals surface area contributed by atoms with Crippen LogP contribution in [0.4, 0.5) is 5.69 Å². The first kappa shape index (κ1) is 15.6. The summed E-state index contributed by atoms with van der Waals surface area (Å²) in [5.41, 5.74) is 0.0716. The van der Waals surface area contributed by atoms with Gasteiger partial charge in [0.1, 0.15) is 0 Å². The molecule has 5 nitrogen and oxygen atoms in total. The van der Waals surface area contributed by atoms with Gasteiger partial charge in [0.2, 0.25) is 0 Å². The number of hydrogen-bond donors (Lipinski definition) is 0. The van der Waals surface area contributed by atoms with Crippen LogP contribution in [0.15, 0.2) is 24.3 Å². The van der Waals surface area contributed by atoms with Crippen molar-refractivity contribution in [3.05, 3.63) is 39.3 Å². The molecule has 1 aliphatic carbocycles. The van der Waals surface area contributed by atoms with Crippen molar-refractivity contribution in [3.63, 3.8) is 0 Å². The summed E-state index contributed by atoms with van der Waals surface area (Å²) in [4.78, 5) is 26.1. The molecular formula is C18H20N2O3S. The molecule has 2 heterocycles. The minimum Gasteiger partial charge on any atom is -0.338 e. The number of rotatable bonds is 2. The van der Waals surface area contributed by atoms with E-state index in [1.54, 1.807) is 12.1 Å². The fourth-order valence-electron chi connectivity index (χ4n) is 4.19. The van der Waals surface area contributed by atoms with Gasteiger partial charge in [0.25, 0.3) is 11.6 Å². The summed E-state index contributed by atoms with van der Waals surface area (Å²) in [5.74, 6) is 1.54. The molecular weight excluding hydrogens is 324 g/mol. The summed E-state index contributed by atoms with van der Waals surface area (Å²) >= 11 is 1.44. The molecule has 1 aliphatic heterocycles. The molecule has 2 aromatic rings. The van der Waals surface area contributed by atoms with Crippen LogP contribution in [0.1, 0.15) is 41.8 Å². The van der Waals surface area contributed by atoms with Crippen molar-refractivity contribution in [1.82, 2.24) is 4.90 Å². The molecule has 1 saturated heterocycles. The van der Waals surface area contributed by atoms with Gasteiger partial charge < -0.3 is 4.90 Å². The molecule has 2 fully saturated rings. The topological polar surface area (TPSA) is 63.4 Å². The van der Waals surface area contributed by atoms with Gasteiger partial charge in [0.05, 0.1) is 9.80 Å². The van der Waals surface area contributed by atoms with Crippen LogP contribution in [0.2, 0.25) is 0 Å². The maximum absolute atomic E-state index is 12.9. The number of nitro benzene ring substituents is 1. The lowest BCUT2D eigenvalue weighted by Crippen LogP contribution is -2.44. The van der Waals surface area contributed by atoms with Gasteiger partial charge in [-0.1, -0.05) is 19.3 Å². The first-order chi connectivity index (χ1) is 11.6. The smallest absolute Gasteiger partial charge is 0.270 e. The minimum atomic E-state index is -0.396. The Hall–Kier alpha value is -1.95. The van der Waals surface area contributed by atoms with E-state index in [9.17, 15) is 14.9 Å². The van der Waals surface area contributed by atoms with Gasteiger partial charge >= 0.3 is 0 Å². The molecule has 1 aromatic carbocycles. The lowest BCUT2D eigenvalue weighted by molar-refractivity contribution is -0.384. The minimum absolute atomic E-state index is 0.0716. The molecule has 1 amide bonds. The number of non-ortho nitro benzene ring substituents is 1. The zero-order chi connectivity index (χ0) is 16.7. The molecule has 1 saturated carbocycles. The van der Waals surface area contributed by atoms with Crippen molar-refractivity contribution in [1.29, 1.82) is 0 Å². The first-order valence-electron chi connectivity index (χ1n) is 8.59. The number of hydrogen-bond acceptors (Lipinski definition) is 4. The number of amides is 1. The molecule has 0 N–H and O–H groups in total. The van der Waals surface area contributed by atoms with Crippen LogP contribution < -0.4 is 0 Å². The maximum atomic E-state index is 12.9. The molecule has 24 heavy (non-hydrogen) atoms. The second kappa shape index (κ2) is 6.16. The summed E-state index contributed by atoms with van der Waals surface area (Å²) < 4.78 is 0.927. The van der Waals surface area contributed by atoms with Crippen LogP contribution in [0, 0.1) is 22.0 Å². The van der Waals surface area contributed by atoms with Crippen LogP contribution in [0.5, 0.6) is 0 Å². The van der Waals surface area contributed by atoms with Gasteiger partial charge in [-0.25, -0.2) is 0 Å². The Kier molecular flexibility index (Phi) is 4.00. The second-order valence-corrected chi connectivity index (χ2v) is 8.02. The number of piperidine rings is 1. The fraction of sp³-hybridized carbons (Fsp3) is 0.500. The average Bonchev–Trinajstić information content (AvgIpc) is 3.03. The molecule has 6 heteroatoms. The van der Waals surface area contributed by atoms with E-state index in [0.29, 0.717) is 10.8 Å². The third-order valence-electron chi connectivity index (χ3n) is 5.50. The lowest BCUT2D eigenvalue weighted by atomic mass is 9.75. The summed E-state index contributed by atoms with van der Waals surface area (Å²) in [7, 11) is 0. The highest BCUT2D eigenvalue weighted by Gasteiger charge is 2.33. The zero-order valence-electron chi connectivity index (χ0n) is 13.4. The third kappa shape index (κ3) is 2.79. The number of benzene rings is 1. The monoisotopic (exact) mass is 344 g/mol. The van der Waals surface area contributed by atoms with Gasteiger partial charge in [-0.15, -0.1) is 11.3 Å². The van der Waals surface area contributed by atoms with Crippen molar-refractivity contribution >= 4 is 33.0 Å². The van der Waals surface area contributed by atoms with Gasteiger partial charge in [0.15, 0.2) is 0 Å². The van der Waals surface area contributed by atoms with E-state index >= 15 is 0 Å². The number of fused-ring (bicyclic) bond motifs is 2. The van der Waals surface area contributed by atoms with E-state index in [1.165, 1.54) is 43.1 Å². The quantitative estimate of drug-likeness (QED) is 0.597. The van der Waals surface area contributed by atoms with Gasteiger partial charge in [-0.3, -0.25) is 14.9 Å². The number of carbonyl (C=O) groups is 1. The Bertz CT molecular complexity index is 801. The summed E-state index contributed by atoms with van der Waals surface area (Å²) in [6.45, 7) is 1.71. The predicted octanol–water partition coefficient (Wildman–Crippen LogP) is 4.46. The van der Waals surface area contributed by atoms with Gasteiger partial charge in [-0.2, -0.15) is 0 Å². The van der Waals surface area contributed by atoms with Crippen LogP contribution in [0.3, 0.4) is 0 Å². The molecule has 0 unspecified atom stereocenters. The highest BCUT2D eigenvalue weighted by molar-refractivity contribution is 7.20. The second-order valence-electron chi connectivity index (χ2n) is 6.93. The SMILES string of the molecule is O=C(c1cc2cc([N+](=O)[O-])ccc2s1)N1CC[C@@H]2CCCC[C@@H]2C1. The standard InChI is InChI=1S/C18H20N2O3S/c21-18(19-8-7-12-3-1-2-4-13(12)11-19)17-10-14-9-15(20(22)23)5-6-16(14)24-17/h5-6,9-10,12-13H,1-4,7-8,11H2/t12-,13+/m0/s1. The van der Waals surface area contributed by atoms with Crippen molar-refractivity contribution in [3.8, 4) is 0 Å². The van der Waals surface area contributed by atoms with Crippen molar-refractivity contribution < 1.29 is 9.72 Å². The summed E-state index contributed by atoms with van der Waals surface area (Å²) in [6.07, 6.45) is 6.30. The largest absolute Gasteiger partial charge is 0.338 e. The molecule has 126 valence electrons. The molecule has 4 rings (SSSR count). The van der Waals surface area contributed by atoms with Gasteiger partial charge in [-0.05, 0) is 36.8 Å².